The molecule has 2 aliphatic carbocycles. The fraction of sp³-hybridized carbons (Fsp3) is 0.900. The van der Waals surface area contributed by atoms with Crippen LogP contribution >= 0.6 is 0 Å². The number of carbonyl (C=O) groups is 1. The molecule has 13 heavy (non-hydrogen) atoms. The van der Waals surface area contributed by atoms with Crippen molar-refractivity contribution in [3.8, 4) is 0 Å². The van der Waals surface area contributed by atoms with Gasteiger partial charge in [-0.1, -0.05) is 6.92 Å². The molecule has 3 rings (SSSR count). The largest absolute Gasteiger partial charge is 0.465 e. The summed E-state index contributed by atoms with van der Waals surface area (Å²) in [7, 11) is 0. The van der Waals surface area contributed by atoms with Crippen LogP contribution in [0.4, 0.5) is 0 Å². The van der Waals surface area contributed by atoms with Gasteiger partial charge in [0, 0.05) is 5.92 Å². The molecule has 2 saturated carbocycles. The number of hydrogen-bond donors (Lipinski definition) is 1. The average Bonchev–Trinajstić information content (AvgIpc) is 2.61. The SMILES string of the molecule is CC12CC(O)C(C1)C1C(=O)OCC12. The van der Waals surface area contributed by atoms with Gasteiger partial charge in [0.15, 0.2) is 0 Å². The molecule has 72 valence electrons. The molecule has 3 aliphatic rings. The minimum atomic E-state index is -0.267. The first kappa shape index (κ1) is 7.80. The van der Waals surface area contributed by atoms with Crippen LogP contribution in [0.25, 0.3) is 0 Å². The normalized spacial score (nSPS) is 58.2. The summed E-state index contributed by atoms with van der Waals surface area (Å²) in [5.74, 6) is 0.504. The van der Waals surface area contributed by atoms with Gasteiger partial charge in [-0.05, 0) is 24.2 Å². The number of carbonyl (C=O) groups excluding carboxylic acids is 1. The van der Waals surface area contributed by atoms with Gasteiger partial charge in [-0.25, -0.2) is 0 Å². The number of aliphatic hydroxyl groups excluding tert-OH is 1. The highest BCUT2D eigenvalue weighted by Crippen LogP contribution is 2.62. The summed E-state index contributed by atoms with van der Waals surface area (Å²) in [6.45, 7) is 2.77. The van der Waals surface area contributed by atoms with E-state index in [9.17, 15) is 9.90 Å². The molecule has 1 N–H and O–H groups in total. The summed E-state index contributed by atoms with van der Waals surface area (Å²) < 4.78 is 5.06. The van der Waals surface area contributed by atoms with E-state index < -0.39 is 0 Å². The van der Waals surface area contributed by atoms with Gasteiger partial charge >= 0.3 is 5.97 Å². The number of ether oxygens (including phenoxy) is 1. The fourth-order valence-electron chi connectivity index (χ4n) is 3.70. The minimum Gasteiger partial charge on any atom is -0.465 e. The molecule has 0 spiro atoms. The second-order valence-electron chi connectivity index (χ2n) is 5.06. The van der Waals surface area contributed by atoms with Crippen LogP contribution < -0.4 is 0 Å². The van der Waals surface area contributed by atoms with E-state index in [0.29, 0.717) is 12.5 Å². The summed E-state index contributed by atoms with van der Waals surface area (Å²) in [4.78, 5) is 11.4. The topological polar surface area (TPSA) is 46.5 Å². The molecule has 0 amide bonds. The number of hydrogen-bond acceptors (Lipinski definition) is 3. The van der Waals surface area contributed by atoms with E-state index in [4.69, 9.17) is 4.74 Å². The van der Waals surface area contributed by atoms with E-state index in [1.54, 1.807) is 0 Å². The number of fused-ring (bicyclic) bond motifs is 5. The highest BCUT2D eigenvalue weighted by molar-refractivity contribution is 5.76. The molecule has 0 radical (unpaired) electrons. The molecule has 5 unspecified atom stereocenters. The van der Waals surface area contributed by atoms with Crippen molar-refractivity contribution in [2.75, 3.05) is 6.61 Å². The lowest BCUT2D eigenvalue weighted by Gasteiger charge is -2.31. The van der Waals surface area contributed by atoms with Crippen LogP contribution in [-0.4, -0.2) is 23.8 Å². The maximum Gasteiger partial charge on any atom is 0.309 e. The van der Waals surface area contributed by atoms with Crippen LogP contribution in [-0.2, 0) is 9.53 Å². The van der Waals surface area contributed by atoms with Crippen LogP contribution in [0.5, 0.6) is 0 Å². The Balaban J connectivity index is 2.01. The maximum absolute atomic E-state index is 11.4. The molecule has 0 aromatic rings. The van der Waals surface area contributed by atoms with Crippen molar-refractivity contribution in [3.05, 3.63) is 0 Å². The first-order valence-corrected chi connectivity index (χ1v) is 4.96. The molecule has 3 heteroatoms. The lowest BCUT2D eigenvalue weighted by Crippen LogP contribution is -2.35. The molecule has 5 atom stereocenters. The Morgan fingerprint density at radius 1 is 1.54 bits per heavy atom. The van der Waals surface area contributed by atoms with Crippen molar-refractivity contribution in [1.82, 2.24) is 0 Å². The molecule has 1 heterocycles. The Morgan fingerprint density at radius 2 is 2.31 bits per heavy atom. The van der Waals surface area contributed by atoms with E-state index in [1.807, 2.05) is 0 Å². The first-order valence-electron chi connectivity index (χ1n) is 4.96. The Bertz CT molecular complexity index is 275. The van der Waals surface area contributed by atoms with Crippen molar-refractivity contribution < 1.29 is 14.6 Å². The summed E-state index contributed by atoms with van der Waals surface area (Å²) in [6.07, 6.45) is 1.60. The Morgan fingerprint density at radius 3 is 3.08 bits per heavy atom. The van der Waals surface area contributed by atoms with Crippen molar-refractivity contribution in [2.45, 2.75) is 25.9 Å². The van der Waals surface area contributed by atoms with E-state index >= 15 is 0 Å². The van der Waals surface area contributed by atoms with E-state index in [1.165, 1.54) is 0 Å². The van der Waals surface area contributed by atoms with Crippen LogP contribution in [0.15, 0.2) is 0 Å². The van der Waals surface area contributed by atoms with Crippen molar-refractivity contribution in [3.63, 3.8) is 0 Å². The second kappa shape index (κ2) is 2.08. The standard InChI is InChI=1S/C10H14O3/c1-10-2-5(7(11)3-10)8-6(10)4-13-9(8)12/h5-8,11H,2-4H2,1H3. The molecule has 2 bridgehead atoms. The van der Waals surface area contributed by atoms with Crippen molar-refractivity contribution in [1.29, 1.82) is 0 Å². The Hall–Kier alpha value is -0.570. The zero-order valence-corrected chi connectivity index (χ0v) is 7.69. The van der Waals surface area contributed by atoms with E-state index in [-0.39, 0.29) is 29.3 Å². The third kappa shape index (κ3) is 0.766. The minimum absolute atomic E-state index is 0.00810. The zero-order valence-electron chi connectivity index (χ0n) is 7.69. The lowest BCUT2D eigenvalue weighted by molar-refractivity contribution is -0.143. The van der Waals surface area contributed by atoms with E-state index in [2.05, 4.69) is 6.92 Å². The highest BCUT2D eigenvalue weighted by atomic mass is 16.5. The maximum atomic E-state index is 11.4. The fourth-order valence-corrected chi connectivity index (χ4v) is 3.70. The number of cyclic esters (lactones) is 1. The van der Waals surface area contributed by atoms with Crippen molar-refractivity contribution in [2.24, 2.45) is 23.2 Å². The van der Waals surface area contributed by atoms with Crippen molar-refractivity contribution >= 4 is 5.97 Å². The molecular formula is C10H14O3. The van der Waals surface area contributed by atoms with Gasteiger partial charge in [0.1, 0.15) is 0 Å². The molecule has 1 aliphatic heterocycles. The van der Waals surface area contributed by atoms with E-state index in [0.717, 1.165) is 12.8 Å². The van der Waals surface area contributed by atoms with Crippen LogP contribution in [0, 0.1) is 23.2 Å². The molecular weight excluding hydrogens is 168 g/mol. The third-order valence-electron chi connectivity index (χ3n) is 4.34. The van der Waals surface area contributed by atoms with Crippen LogP contribution in [0.3, 0.4) is 0 Å². The van der Waals surface area contributed by atoms with Crippen LogP contribution in [0.2, 0.25) is 0 Å². The number of esters is 1. The summed E-state index contributed by atoms with van der Waals surface area (Å²) in [5, 5.41) is 9.74. The van der Waals surface area contributed by atoms with Gasteiger partial charge in [-0.3, -0.25) is 4.79 Å². The van der Waals surface area contributed by atoms with Gasteiger partial charge in [0.05, 0.1) is 18.6 Å². The van der Waals surface area contributed by atoms with Gasteiger partial charge in [-0.15, -0.1) is 0 Å². The Kier molecular flexibility index (Phi) is 1.25. The molecule has 0 aromatic carbocycles. The van der Waals surface area contributed by atoms with Gasteiger partial charge in [-0.2, -0.15) is 0 Å². The predicted octanol–water partition coefficient (Wildman–Crippen LogP) is 0.566. The van der Waals surface area contributed by atoms with Gasteiger partial charge in [0.25, 0.3) is 0 Å². The predicted molar refractivity (Wildman–Crippen MR) is 44.8 cm³/mol. The zero-order chi connectivity index (χ0) is 9.22. The van der Waals surface area contributed by atoms with Crippen LogP contribution in [0.1, 0.15) is 19.8 Å². The quantitative estimate of drug-likeness (QED) is 0.557. The Labute approximate surface area is 77.1 Å². The summed E-state index contributed by atoms with van der Waals surface area (Å²) in [5.41, 5.74) is 0.168. The number of rotatable bonds is 0. The molecule has 3 fully saturated rings. The highest BCUT2D eigenvalue weighted by Gasteiger charge is 2.64. The molecule has 1 saturated heterocycles. The van der Waals surface area contributed by atoms with Gasteiger partial charge in [0.2, 0.25) is 0 Å². The molecule has 3 nitrogen and oxygen atoms in total. The smallest absolute Gasteiger partial charge is 0.309 e. The lowest BCUT2D eigenvalue weighted by atomic mass is 9.72. The summed E-state index contributed by atoms with van der Waals surface area (Å²) >= 11 is 0. The second-order valence-corrected chi connectivity index (χ2v) is 5.06. The monoisotopic (exact) mass is 182 g/mol. The number of aliphatic hydroxyl groups is 1. The average molecular weight is 182 g/mol. The third-order valence-corrected chi connectivity index (χ3v) is 4.34. The first-order chi connectivity index (χ1) is 6.12. The van der Waals surface area contributed by atoms with Gasteiger partial charge < -0.3 is 9.84 Å². The molecule has 0 aromatic heterocycles. The summed E-state index contributed by atoms with van der Waals surface area (Å²) in [6, 6.07) is 0.